The molecule has 0 bridgehead atoms. The second kappa shape index (κ2) is 9.71. The van der Waals surface area contributed by atoms with E-state index in [2.05, 4.69) is 0 Å². The summed E-state index contributed by atoms with van der Waals surface area (Å²) >= 11 is 1.39. The minimum Gasteiger partial charge on any atom is -0.506 e. The van der Waals surface area contributed by atoms with Crippen LogP contribution in [0.1, 0.15) is 22.0 Å². The highest BCUT2D eigenvalue weighted by molar-refractivity contribution is 7.10. The second-order valence-electron chi connectivity index (χ2n) is 7.71. The second-order valence-corrected chi connectivity index (χ2v) is 8.66. The van der Waals surface area contributed by atoms with Crippen molar-refractivity contribution in [1.82, 2.24) is 0 Å². The summed E-state index contributed by atoms with van der Waals surface area (Å²) in [4.78, 5) is 29.0. The number of aryl methyl sites for hydroxylation is 1. The van der Waals surface area contributed by atoms with Gasteiger partial charge in [-0.2, -0.15) is 0 Å². The lowest BCUT2D eigenvalue weighted by molar-refractivity contribution is -0.132. The predicted octanol–water partition coefficient (Wildman–Crippen LogP) is 4.72. The van der Waals surface area contributed by atoms with Gasteiger partial charge in [0, 0.05) is 16.6 Å². The highest BCUT2D eigenvalue weighted by Crippen LogP contribution is 2.48. The Morgan fingerprint density at radius 2 is 1.51 bits per heavy atom. The van der Waals surface area contributed by atoms with Crippen molar-refractivity contribution >= 4 is 34.5 Å². The van der Waals surface area contributed by atoms with Crippen molar-refractivity contribution in [2.45, 2.75) is 13.0 Å². The molecule has 1 fully saturated rings. The van der Waals surface area contributed by atoms with E-state index in [0.717, 1.165) is 10.4 Å². The van der Waals surface area contributed by atoms with Crippen LogP contribution in [0.2, 0.25) is 0 Å². The minimum absolute atomic E-state index is 0.0573. The van der Waals surface area contributed by atoms with Crippen LogP contribution in [0.4, 0.5) is 5.69 Å². The van der Waals surface area contributed by atoms with Gasteiger partial charge in [-0.25, -0.2) is 0 Å². The van der Waals surface area contributed by atoms with Gasteiger partial charge < -0.3 is 24.1 Å². The molecular formula is C26H25NO7S. The van der Waals surface area contributed by atoms with E-state index in [9.17, 15) is 14.7 Å². The van der Waals surface area contributed by atoms with Gasteiger partial charge in [0.15, 0.2) is 11.5 Å². The molecule has 0 radical (unpaired) electrons. The SMILES string of the molecule is COc1ccc(N2C(=O)C(=O)/C(=C(/O)c3c(OC)cccc3OC)C2c2sccc2C)cc1OC. The lowest BCUT2D eigenvalue weighted by Gasteiger charge is -2.26. The number of carbonyl (C=O) groups is 2. The molecular weight excluding hydrogens is 470 g/mol. The highest BCUT2D eigenvalue weighted by atomic mass is 32.1. The molecule has 0 saturated carbocycles. The third-order valence-electron chi connectivity index (χ3n) is 5.90. The molecule has 3 aromatic rings. The zero-order valence-electron chi connectivity index (χ0n) is 19.9. The molecule has 1 saturated heterocycles. The number of aliphatic hydroxyl groups is 1. The fourth-order valence-corrected chi connectivity index (χ4v) is 5.23. The van der Waals surface area contributed by atoms with E-state index in [4.69, 9.17) is 18.9 Å². The van der Waals surface area contributed by atoms with E-state index >= 15 is 0 Å². The van der Waals surface area contributed by atoms with Crippen molar-refractivity contribution < 1.29 is 33.6 Å². The standard InChI is InChI=1S/C26H25NO7S/c1-14-11-12-35-25(14)22-21(23(28)20-17(32-3)7-6-8-18(20)33-4)24(29)26(30)27(22)15-9-10-16(31-2)19(13-15)34-5/h6-13,22,28H,1-5H3/b23-21+. The maximum Gasteiger partial charge on any atom is 0.300 e. The molecule has 1 N–H and O–H groups in total. The monoisotopic (exact) mass is 495 g/mol. The van der Waals surface area contributed by atoms with Crippen LogP contribution in [0.25, 0.3) is 5.76 Å². The van der Waals surface area contributed by atoms with Crippen molar-refractivity contribution in [3.05, 3.63) is 69.4 Å². The Morgan fingerprint density at radius 3 is 2.06 bits per heavy atom. The summed E-state index contributed by atoms with van der Waals surface area (Å²) in [5.41, 5.74) is 1.44. The Balaban J connectivity index is 2.00. The topological polar surface area (TPSA) is 94.5 Å². The van der Waals surface area contributed by atoms with E-state index in [1.54, 1.807) is 36.4 Å². The molecule has 1 atom stereocenters. The maximum absolute atomic E-state index is 13.5. The van der Waals surface area contributed by atoms with Crippen molar-refractivity contribution in [3.63, 3.8) is 0 Å². The Bertz CT molecular complexity index is 1300. The number of nitrogens with zero attached hydrogens (tertiary/aromatic N) is 1. The summed E-state index contributed by atoms with van der Waals surface area (Å²) in [6, 6.07) is 11.0. The molecule has 4 rings (SSSR count). The molecule has 2 heterocycles. The Kier molecular flexibility index (Phi) is 6.70. The molecule has 2 aromatic carbocycles. The number of Topliss-reactive ketones (excluding diaryl/α,β-unsaturated/α-hetero) is 1. The van der Waals surface area contributed by atoms with Crippen LogP contribution in [0.15, 0.2) is 53.4 Å². The highest BCUT2D eigenvalue weighted by Gasteiger charge is 2.48. The number of methoxy groups -OCH3 is 4. The van der Waals surface area contributed by atoms with Gasteiger partial charge in [-0.3, -0.25) is 14.5 Å². The zero-order chi connectivity index (χ0) is 25.3. The summed E-state index contributed by atoms with van der Waals surface area (Å²) in [5.74, 6) is -0.469. The molecule has 1 aliphatic rings. The maximum atomic E-state index is 13.5. The van der Waals surface area contributed by atoms with Crippen LogP contribution in [-0.2, 0) is 9.59 Å². The number of hydrogen-bond donors (Lipinski definition) is 1. The summed E-state index contributed by atoms with van der Waals surface area (Å²) < 4.78 is 21.6. The first-order valence-corrected chi connectivity index (χ1v) is 11.5. The molecule has 1 aromatic heterocycles. The van der Waals surface area contributed by atoms with Crippen molar-refractivity contribution in [3.8, 4) is 23.0 Å². The number of rotatable bonds is 7. The Morgan fingerprint density at radius 1 is 0.886 bits per heavy atom. The molecule has 1 amide bonds. The fourth-order valence-electron chi connectivity index (χ4n) is 4.21. The van der Waals surface area contributed by atoms with Gasteiger partial charge in [-0.1, -0.05) is 6.07 Å². The molecule has 182 valence electrons. The average molecular weight is 496 g/mol. The lowest BCUT2D eigenvalue weighted by Crippen LogP contribution is -2.29. The van der Waals surface area contributed by atoms with E-state index in [-0.39, 0.29) is 16.9 Å². The first kappa shape index (κ1) is 24.2. The third-order valence-corrected chi connectivity index (χ3v) is 6.98. The normalized spacial score (nSPS) is 16.9. The number of benzene rings is 2. The van der Waals surface area contributed by atoms with Gasteiger partial charge in [0.2, 0.25) is 0 Å². The largest absolute Gasteiger partial charge is 0.506 e. The van der Waals surface area contributed by atoms with Gasteiger partial charge in [-0.05, 0) is 48.2 Å². The molecule has 1 aliphatic heterocycles. The smallest absolute Gasteiger partial charge is 0.300 e. The first-order valence-electron chi connectivity index (χ1n) is 10.7. The Labute approximate surface area is 206 Å². The number of thiophene rings is 1. The fraction of sp³-hybridized carbons (Fsp3) is 0.231. The number of aliphatic hydroxyl groups excluding tert-OH is 1. The summed E-state index contributed by atoms with van der Waals surface area (Å²) in [6.07, 6.45) is 0. The number of hydrogen-bond acceptors (Lipinski definition) is 8. The van der Waals surface area contributed by atoms with Crippen LogP contribution in [-0.4, -0.2) is 45.2 Å². The number of ether oxygens (including phenoxy) is 4. The van der Waals surface area contributed by atoms with E-state index < -0.39 is 17.7 Å². The van der Waals surface area contributed by atoms with Crippen molar-refractivity contribution in [1.29, 1.82) is 0 Å². The van der Waals surface area contributed by atoms with Gasteiger partial charge >= 0.3 is 0 Å². The van der Waals surface area contributed by atoms with Gasteiger partial charge in [-0.15, -0.1) is 11.3 Å². The van der Waals surface area contributed by atoms with Crippen LogP contribution in [0.5, 0.6) is 23.0 Å². The predicted molar refractivity (Wildman–Crippen MR) is 133 cm³/mol. The van der Waals surface area contributed by atoms with Crippen molar-refractivity contribution in [2.75, 3.05) is 33.3 Å². The summed E-state index contributed by atoms with van der Waals surface area (Å²) in [5, 5.41) is 13.4. The molecule has 35 heavy (non-hydrogen) atoms. The van der Waals surface area contributed by atoms with Crippen molar-refractivity contribution in [2.24, 2.45) is 0 Å². The van der Waals surface area contributed by atoms with Crippen LogP contribution in [0, 0.1) is 6.92 Å². The number of anilines is 1. The molecule has 0 spiro atoms. The van der Waals surface area contributed by atoms with E-state index in [1.807, 2.05) is 18.4 Å². The Hall–Kier alpha value is -3.98. The van der Waals surface area contributed by atoms with Gasteiger partial charge in [0.25, 0.3) is 11.7 Å². The van der Waals surface area contributed by atoms with Crippen LogP contribution < -0.4 is 23.8 Å². The zero-order valence-corrected chi connectivity index (χ0v) is 20.8. The summed E-state index contributed by atoms with van der Waals surface area (Å²) in [6.45, 7) is 1.89. The molecule has 1 unspecified atom stereocenters. The number of ketones is 1. The summed E-state index contributed by atoms with van der Waals surface area (Å²) in [7, 11) is 5.91. The number of amides is 1. The quantitative estimate of drug-likeness (QED) is 0.288. The van der Waals surface area contributed by atoms with Gasteiger partial charge in [0.1, 0.15) is 28.9 Å². The average Bonchev–Trinajstić information content (AvgIpc) is 3.42. The van der Waals surface area contributed by atoms with E-state index in [1.165, 1.54) is 44.7 Å². The molecule has 8 nitrogen and oxygen atoms in total. The molecule has 0 aliphatic carbocycles. The minimum atomic E-state index is -0.872. The van der Waals surface area contributed by atoms with Crippen LogP contribution >= 0.6 is 11.3 Å². The third kappa shape index (κ3) is 3.97. The van der Waals surface area contributed by atoms with Crippen LogP contribution in [0.3, 0.4) is 0 Å². The number of carbonyl (C=O) groups excluding carboxylic acids is 2. The van der Waals surface area contributed by atoms with E-state index in [0.29, 0.717) is 28.7 Å². The van der Waals surface area contributed by atoms with Gasteiger partial charge in [0.05, 0.1) is 34.0 Å². The molecule has 9 heteroatoms. The first-order chi connectivity index (χ1) is 16.9. The lowest BCUT2D eigenvalue weighted by atomic mass is 9.97.